The number of fused-ring (bicyclic) bond motifs is 1. The molecule has 0 saturated carbocycles. The fourth-order valence-electron chi connectivity index (χ4n) is 5.58. The number of Topliss-reactive ketones (excluding diaryl/α,β-unsaturated/α-hetero) is 1. The molecule has 1 aromatic heterocycles. The van der Waals surface area contributed by atoms with Gasteiger partial charge in [0.05, 0.1) is 12.1 Å². The number of ether oxygens (including phenoxy) is 1. The number of ketones is 1. The highest BCUT2D eigenvalue weighted by Crippen LogP contribution is 2.46. The molecule has 0 radical (unpaired) electrons. The fourth-order valence-corrected chi connectivity index (χ4v) is 5.58. The predicted molar refractivity (Wildman–Crippen MR) is 164 cm³/mol. The highest BCUT2D eigenvalue weighted by molar-refractivity contribution is 5.91. The molecular formula is C36H38N2O3. The number of esters is 1. The van der Waals surface area contributed by atoms with Crippen molar-refractivity contribution in [2.45, 2.75) is 71.3 Å². The topological polar surface area (TPSA) is 61.2 Å². The van der Waals surface area contributed by atoms with E-state index in [1.807, 2.05) is 35.3 Å². The average Bonchev–Trinajstić information content (AvgIpc) is 3.45. The minimum absolute atomic E-state index is 0.0948. The summed E-state index contributed by atoms with van der Waals surface area (Å²) in [5.41, 5.74) is 7.90. The van der Waals surface area contributed by atoms with Crippen LogP contribution < -0.4 is 4.74 Å². The molecular weight excluding hydrogens is 508 g/mol. The molecule has 0 N–H and O–H groups in total. The summed E-state index contributed by atoms with van der Waals surface area (Å²) < 4.78 is 7.50. The van der Waals surface area contributed by atoms with Crippen LogP contribution in [0, 0.1) is 0 Å². The molecule has 5 rings (SSSR count). The second-order valence-corrected chi connectivity index (χ2v) is 12.4. The lowest BCUT2D eigenvalue weighted by Gasteiger charge is -2.42. The summed E-state index contributed by atoms with van der Waals surface area (Å²) in [4.78, 5) is 24.0. The zero-order valence-corrected chi connectivity index (χ0v) is 24.6. The van der Waals surface area contributed by atoms with Crippen molar-refractivity contribution in [3.8, 4) is 5.75 Å². The van der Waals surface area contributed by atoms with Gasteiger partial charge in [-0.2, -0.15) is 5.10 Å². The van der Waals surface area contributed by atoms with Crippen LogP contribution in [0.2, 0.25) is 0 Å². The third-order valence-electron chi connectivity index (χ3n) is 8.19. The first-order valence-electron chi connectivity index (χ1n) is 14.2. The molecule has 0 saturated heterocycles. The average molecular weight is 547 g/mol. The van der Waals surface area contributed by atoms with Crippen LogP contribution in [-0.2, 0) is 28.6 Å². The maximum absolute atomic E-state index is 12.7. The molecule has 0 aliphatic heterocycles. The zero-order valence-electron chi connectivity index (χ0n) is 24.6. The summed E-state index contributed by atoms with van der Waals surface area (Å²) in [5.74, 6) is 0.132. The molecule has 5 nitrogen and oxygen atoms in total. The predicted octanol–water partition coefficient (Wildman–Crippen LogP) is 7.80. The van der Waals surface area contributed by atoms with Crippen molar-refractivity contribution in [2.24, 2.45) is 0 Å². The van der Waals surface area contributed by atoms with Crippen LogP contribution in [0.25, 0.3) is 12.2 Å². The van der Waals surface area contributed by atoms with Gasteiger partial charge in [0.2, 0.25) is 0 Å². The highest BCUT2D eigenvalue weighted by Gasteiger charge is 2.37. The Kier molecular flexibility index (Phi) is 7.81. The number of hydrogen-bond donors (Lipinski definition) is 0. The van der Waals surface area contributed by atoms with Crippen molar-refractivity contribution in [3.05, 3.63) is 118 Å². The molecule has 0 fully saturated rings. The Hall–Kier alpha value is -4.25. The second-order valence-electron chi connectivity index (χ2n) is 12.4. The minimum Gasteiger partial charge on any atom is -0.423 e. The van der Waals surface area contributed by atoms with Gasteiger partial charge in [-0.15, -0.1) is 0 Å². The Labute approximate surface area is 242 Å². The van der Waals surface area contributed by atoms with Crippen LogP contribution in [0.3, 0.4) is 0 Å². The normalized spacial score (nSPS) is 15.4. The second kappa shape index (κ2) is 11.3. The van der Waals surface area contributed by atoms with E-state index in [4.69, 9.17) is 4.74 Å². The summed E-state index contributed by atoms with van der Waals surface area (Å²) in [6.07, 6.45) is 10.8. The van der Waals surface area contributed by atoms with Crippen molar-refractivity contribution in [3.63, 3.8) is 0 Å². The third-order valence-corrected chi connectivity index (χ3v) is 8.19. The first-order chi connectivity index (χ1) is 19.5. The van der Waals surface area contributed by atoms with E-state index in [0.717, 1.165) is 17.5 Å². The number of benzene rings is 3. The van der Waals surface area contributed by atoms with E-state index >= 15 is 0 Å². The molecule has 41 heavy (non-hydrogen) atoms. The van der Waals surface area contributed by atoms with E-state index in [1.165, 1.54) is 28.7 Å². The number of rotatable bonds is 8. The van der Waals surface area contributed by atoms with Crippen molar-refractivity contribution in [1.82, 2.24) is 9.78 Å². The molecule has 3 aromatic carbocycles. The SMILES string of the molecule is CC(=O)Cc1ccc(OC(=O)c2ccc(/C=C/c3cc4c(cc3Cn3cccn3)C(C)(C)CCC4(C)C)cc2)cc1. The Balaban J connectivity index is 1.37. The van der Waals surface area contributed by atoms with Crippen LogP contribution in [0.15, 0.2) is 79.1 Å². The molecule has 0 atom stereocenters. The molecule has 0 bridgehead atoms. The number of carbonyl (C=O) groups is 2. The van der Waals surface area contributed by atoms with E-state index in [1.54, 1.807) is 43.3 Å². The molecule has 0 amide bonds. The zero-order chi connectivity index (χ0) is 29.2. The van der Waals surface area contributed by atoms with Gasteiger partial charge in [-0.25, -0.2) is 4.79 Å². The van der Waals surface area contributed by atoms with Crippen LogP contribution in [0.4, 0.5) is 0 Å². The van der Waals surface area contributed by atoms with Crippen LogP contribution in [0.5, 0.6) is 5.75 Å². The number of hydrogen-bond acceptors (Lipinski definition) is 4. The summed E-state index contributed by atoms with van der Waals surface area (Å²) in [7, 11) is 0. The first kappa shape index (κ1) is 28.3. The largest absolute Gasteiger partial charge is 0.423 e. The van der Waals surface area contributed by atoms with Crippen molar-refractivity contribution in [2.75, 3.05) is 0 Å². The van der Waals surface area contributed by atoms with Crippen molar-refractivity contribution >= 4 is 23.9 Å². The molecule has 1 aliphatic carbocycles. The van der Waals surface area contributed by atoms with Gasteiger partial charge in [0, 0.05) is 18.8 Å². The summed E-state index contributed by atoms with van der Waals surface area (Å²) in [5, 5.41) is 4.45. The van der Waals surface area contributed by atoms with E-state index in [-0.39, 0.29) is 16.6 Å². The van der Waals surface area contributed by atoms with Gasteiger partial charge in [0.15, 0.2) is 0 Å². The third kappa shape index (κ3) is 6.57. The quantitative estimate of drug-likeness (QED) is 0.129. The van der Waals surface area contributed by atoms with E-state index in [0.29, 0.717) is 24.3 Å². The van der Waals surface area contributed by atoms with Gasteiger partial charge in [0.1, 0.15) is 11.5 Å². The Morgan fingerprint density at radius 1 is 0.902 bits per heavy atom. The summed E-state index contributed by atoms with van der Waals surface area (Å²) in [6, 6.07) is 21.2. The van der Waals surface area contributed by atoms with E-state index in [2.05, 4.69) is 57.1 Å². The lowest BCUT2D eigenvalue weighted by atomic mass is 9.62. The molecule has 0 unspecified atom stereocenters. The summed E-state index contributed by atoms with van der Waals surface area (Å²) in [6.45, 7) is 11.7. The van der Waals surface area contributed by atoms with Gasteiger partial charge < -0.3 is 4.74 Å². The molecule has 1 heterocycles. The van der Waals surface area contributed by atoms with Crippen LogP contribution in [0.1, 0.15) is 91.2 Å². The van der Waals surface area contributed by atoms with E-state index in [9.17, 15) is 9.59 Å². The molecule has 1 aliphatic rings. The molecule has 4 aromatic rings. The van der Waals surface area contributed by atoms with Crippen LogP contribution in [-0.4, -0.2) is 21.5 Å². The molecule has 0 spiro atoms. The summed E-state index contributed by atoms with van der Waals surface area (Å²) >= 11 is 0. The number of nitrogens with zero attached hydrogens (tertiary/aromatic N) is 2. The maximum Gasteiger partial charge on any atom is 0.343 e. The van der Waals surface area contributed by atoms with Gasteiger partial charge in [-0.05, 0) is 94.3 Å². The smallest absolute Gasteiger partial charge is 0.343 e. The minimum atomic E-state index is -0.416. The van der Waals surface area contributed by atoms with Crippen LogP contribution >= 0.6 is 0 Å². The number of aromatic nitrogens is 2. The maximum atomic E-state index is 12.7. The fraction of sp³-hybridized carbons (Fsp3) is 0.306. The number of carbonyl (C=O) groups excluding carboxylic acids is 2. The van der Waals surface area contributed by atoms with Gasteiger partial charge in [-0.3, -0.25) is 9.48 Å². The Morgan fingerprint density at radius 3 is 2.17 bits per heavy atom. The van der Waals surface area contributed by atoms with E-state index < -0.39 is 5.97 Å². The van der Waals surface area contributed by atoms with Crippen molar-refractivity contribution < 1.29 is 14.3 Å². The van der Waals surface area contributed by atoms with Gasteiger partial charge in [0.25, 0.3) is 0 Å². The standard InChI is InChI=1S/C36H38N2O3/c1-25(39)21-27-10-15-31(16-11-27)41-34(40)28-12-7-26(8-13-28)9-14-29-22-32-33(36(4,5)18-17-35(32,2)3)23-30(29)24-38-20-6-19-37-38/h6-16,19-20,22-23H,17-18,21,24H2,1-5H3/b14-9+. The monoisotopic (exact) mass is 546 g/mol. The highest BCUT2D eigenvalue weighted by atomic mass is 16.5. The molecule has 5 heteroatoms. The van der Waals surface area contributed by atoms with Gasteiger partial charge in [-0.1, -0.05) is 76.2 Å². The lowest BCUT2D eigenvalue weighted by molar-refractivity contribution is -0.116. The molecule has 210 valence electrons. The van der Waals surface area contributed by atoms with Crippen molar-refractivity contribution in [1.29, 1.82) is 0 Å². The Bertz CT molecular complexity index is 1580. The lowest BCUT2D eigenvalue weighted by Crippen LogP contribution is -2.34. The Morgan fingerprint density at radius 2 is 1.56 bits per heavy atom. The first-order valence-corrected chi connectivity index (χ1v) is 14.2. The van der Waals surface area contributed by atoms with Gasteiger partial charge >= 0.3 is 5.97 Å².